The van der Waals surface area contributed by atoms with Gasteiger partial charge in [-0.05, 0) is 61.7 Å². The van der Waals surface area contributed by atoms with E-state index >= 15 is 0 Å². The highest BCUT2D eigenvalue weighted by Crippen LogP contribution is 2.26. The number of nitrogens with zero attached hydrogens (tertiary/aromatic N) is 3. The van der Waals surface area contributed by atoms with E-state index in [9.17, 15) is 9.18 Å². The zero-order valence-electron chi connectivity index (χ0n) is 18.9. The third-order valence-corrected chi connectivity index (χ3v) is 6.00. The summed E-state index contributed by atoms with van der Waals surface area (Å²) in [7, 11) is 0. The van der Waals surface area contributed by atoms with Crippen LogP contribution in [-0.2, 0) is 5.75 Å². The van der Waals surface area contributed by atoms with Crippen molar-refractivity contribution in [1.29, 1.82) is 0 Å². The zero-order valence-corrected chi connectivity index (χ0v) is 19.7. The molecule has 3 aromatic rings. The van der Waals surface area contributed by atoms with Crippen LogP contribution in [0.3, 0.4) is 0 Å². The van der Waals surface area contributed by atoms with Crippen LogP contribution < -0.4 is 10.2 Å². The minimum absolute atomic E-state index is 0.229. The maximum Gasteiger partial charge on any atom is 0.255 e. The number of halogens is 1. The quantitative estimate of drug-likeness (QED) is 0.313. The zero-order chi connectivity index (χ0) is 23.1. The highest BCUT2D eigenvalue weighted by Gasteiger charge is 2.12. The molecular formula is C25H29FN4OS. The van der Waals surface area contributed by atoms with Crippen LogP contribution in [0.5, 0.6) is 0 Å². The molecule has 0 aliphatic heterocycles. The third kappa shape index (κ3) is 6.29. The van der Waals surface area contributed by atoms with Gasteiger partial charge in [0.05, 0.1) is 0 Å². The van der Waals surface area contributed by atoms with E-state index in [-0.39, 0.29) is 11.7 Å². The fourth-order valence-corrected chi connectivity index (χ4v) is 3.95. The van der Waals surface area contributed by atoms with Crippen molar-refractivity contribution in [3.63, 3.8) is 0 Å². The van der Waals surface area contributed by atoms with Crippen molar-refractivity contribution in [2.24, 2.45) is 0 Å². The largest absolute Gasteiger partial charge is 0.357 e. The number of nitrogens with one attached hydrogen (secondary N) is 1. The van der Waals surface area contributed by atoms with Crippen molar-refractivity contribution < 1.29 is 9.18 Å². The third-order valence-electron chi connectivity index (χ3n) is 5.08. The summed E-state index contributed by atoms with van der Waals surface area (Å²) in [6.45, 7) is 10.3. The molecule has 0 aliphatic carbocycles. The van der Waals surface area contributed by atoms with Crippen molar-refractivity contribution in [2.75, 3.05) is 23.3 Å². The second kappa shape index (κ2) is 11.1. The normalized spacial score (nSPS) is 10.9. The van der Waals surface area contributed by atoms with E-state index in [0.29, 0.717) is 22.9 Å². The van der Waals surface area contributed by atoms with Gasteiger partial charge in [0, 0.05) is 41.9 Å². The molecule has 5 nitrogen and oxygen atoms in total. The molecule has 0 spiro atoms. The highest BCUT2D eigenvalue weighted by atomic mass is 32.2. The predicted octanol–water partition coefficient (Wildman–Crippen LogP) is 6.13. The first-order valence-corrected chi connectivity index (χ1v) is 11.8. The van der Waals surface area contributed by atoms with Crippen LogP contribution in [0.4, 0.5) is 15.9 Å². The lowest BCUT2D eigenvalue weighted by atomic mass is 10.1. The first-order chi connectivity index (χ1) is 15.4. The van der Waals surface area contributed by atoms with E-state index in [1.54, 1.807) is 23.9 Å². The molecule has 1 heterocycles. The van der Waals surface area contributed by atoms with E-state index in [4.69, 9.17) is 9.97 Å². The van der Waals surface area contributed by atoms with Gasteiger partial charge in [0.25, 0.3) is 5.91 Å². The molecule has 0 aliphatic rings. The molecule has 1 amide bonds. The minimum atomic E-state index is -0.336. The van der Waals surface area contributed by atoms with Gasteiger partial charge in [0.2, 0.25) is 0 Å². The molecule has 0 unspecified atom stereocenters. The summed E-state index contributed by atoms with van der Waals surface area (Å²) in [6.07, 6.45) is 0. The fraction of sp³-hybridized carbons (Fsp3) is 0.320. The second-order valence-corrected chi connectivity index (χ2v) is 8.65. The maximum absolute atomic E-state index is 13.0. The molecule has 0 atom stereocenters. The van der Waals surface area contributed by atoms with E-state index in [0.717, 1.165) is 35.3 Å². The summed E-state index contributed by atoms with van der Waals surface area (Å²) >= 11 is 1.59. The van der Waals surface area contributed by atoms with Crippen LogP contribution in [-0.4, -0.2) is 29.0 Å². The van der Waals surface area contributed by atoms with Crippen molar-refractivity contribution in [3.05, 3.63) is 77.2 Å². The second-order valence-electron chi connectivity index (χ2n) is 7.71. The number of carbonyl (C=O) groups is 1. The molecule has 3 rings (SSSR count). The molecular weight excluding hydrogens is 423 g/mol. The molecule has 168 valence electrons. The number of hydrogen-bond acceptors (Lipinski definition) is 5. The molecule has 0 fully saturated rings. The maximum atomic E-state index is 13.0. The SMILES string of the molecule is CCN(CC)c1cc(C(C)C)nc(SCc2ccc(C(=O)Nc3ccc(F)cc3)cc2)n1. The molecule has 2 aromatic carbocycles. The smallest absolute Gasteiger partial charge is 0.255 e. The van der Waals surface area contributed by atoms with Crippen molar-refractivity contribution in [1.82, 2.24) is 9.97 Å². The van der Waals surface area contributed by atoms with Crippen LogP contribution >= 0.6 is 11.8 Å². The monoisotopic (exact) mass is 452 g/mol. The molecule has 0 radical (unpaired) electrons. The van der Waals surface area contributed by atoms with Gasteiger partial charge in [-0.25, -0.2) is 14.4 Å². The van der Waals surface area contributed by atoms with E-state index in [1.807, 2.05) is 12.1 Å². The van der Waals surface area contributed by atoms with Crippen molar-refractivity contribution in [2.45, 2.75) is 44.5 Å². The lowest BCUT2D eigenvalue weighted by Gasteiger charge is -2.21. The predicted molar refractivity (Wildman–Crippen MR) is 130 cm³/mol. The van der Waals surface area contributed by atoms with Gasteiger partial charge in [0.1, 0.15) is 11.6 Å². The van der Waals surface area contributed by atoms with E-state index in [2.05, 4.69) is 44.0 Å². The number of hydrogen-bond donors (Lipinski definition) is 1. The Morgan fingerprint density at radius 1 is 1.03 bits per heavy atom. The molecule has 0 saturated heterocycles. The van der Waals surface area contributed by atoms with Gasteiger partial charge >= 0.3 is 0 Å². The molecule has 32 heavy (non-hydrogen) atoms. The number of thioether (sulfide) groups is 1. The summed E-state index contributed by atoms with van der Waals surface area (Å²) in [5, 5.41) is 3.53. The van der Waals surface area contributed by atoms with E-state index < -0.39 is 0 Å². The lowest BCUT2D eigenvalue weighted by Crippen LogP contribution is -2.23. The van der Waals surface area contributed by atoms with Gasteiger partial charge in [-0.1, -0.05) is 37.7 Å². The standard InChI is InChI=1S/C25H29FN4OS/c1-5-30(6-2)23-15-22(17(3)4)28-25(29-23)32-16-18-7-9-19(10-8-18)24(31)27-21-13-11-20(26)12-14-21/h7-15,17H,5-6,16H2,1-4H3,(H,27,31). The number of rotatable bonds is 9. The fourth-order valence-electron chi connectivity index (χ4n) is 3.14. The number of aromatic nitrogens is 2. The number of benzene rings is 2. The summed E-state index contributed by atoms with van der Waals surface area (Å²) < 4.78 is 13.0. The molecule has 7 heteroatoms. The molecule has 1 aromatic heterocycles. The lowest BCUT2D eigenvalue weighted by molar-refractivity contribution is 0.102. The number of carbonyl (C=O) groups excluding carboxylic acids is 1. The average molecular weight is 453 g/mol. The Kier molecular flexibility index (Phi) is 8.22. The Labute approximate surface area is 193 Å². The van der Waals surface area contributed by atoms with Crippen molar-refractivity contribution in [3.8, 4) is 0 Å². The summed E-state index contributed by atoms with van der Waals surface area (Å²) in [4.78, 5) is 24.1. The average Bonchev–Trinajstić information content (AvgIpc) is 2.80. The topological polar surface area (TPSA) is 58.1 Å². The van der Waals surface area contributed by atoms with Crippen LogP contribution in [0.25, 0.3) is 0 Å². The van der Waals surface area contributed by atoms with Gasteiger partial charge in [-0.15, -0.1) is 0 Å². The van der Waals surface area contributed by atoms with Gasteiger partial charge < -0.3 is 10.2 Å². The Hall–Kier alpha value is -2.93. The van der Waals surface area contributed by atoms with Crippen LogP contribution in [0.15, 0.2) is 59.8 Å². The molecule has 1 N–H and O–H groups in total. The number of amides is 1. The Balaban J connectivity index is 1.66. The van der Waals surface area contributed by atoms with Crippen LogP contribution in [0.1, 0.15) is 55.2 Å². The summed E-state index contributed by atoms with van der Waals surface area (Å²) in [5.74, 6) is 1.43. The summed E-state index contributed by atoms with van der Waals surface area (Å²) in [6, 6.07) is 15.2. The first-order valence-electron chi connectivity index (χ1n) is 10.8. The highest BCUT2D eigenvalue weighted by molar-refractivity contribution is 7.98. The Morgan fingerprint density at radius 3 is 2.28 bits per heavy atom. The minimum Gasteiger partial charge on any atom is -0.357 e. The number of anilines is 2. The van der Waals surface area contributed by atoms with Crippen LogP contribution in [0.2, 0.25) is 0 Å². The molecule has 0 bridgehead atoms. The van der Waals surface area contributed by atoms with Gasteiger partial charge in [-0.3, -0.25) is 4.79 Å². The van der Waals surface area contributed by atoms with Gasteiger partial charge in [-0.2, -0.15) is 0 Å². The van der Waals surface area contributed by atoms with E-state index in [1.165, 1.54) is 24.3 Å². The Bertz CT molecular complexity index is 1030. The first kappa shape index (κ1) is 23.7. The summed E-state index contributed by atoms with van der Waals surface area (Å²) in [5.41, 5.74) is 3.22. The van der Waals surface area contributed by atoms with Gasteiger partial charge in [0.15, 0.2) is 5.16 Å². The van der Waals surface area contributed by atoms with Crippen LogP contribution in [0, 0.1) is 5.82 Å². The Morgan fingerprint density at radius 2 is 1.69 bits per heavy atom. The van der Waals surface area contributed by atoms with Crippen molar-refractivity contribution >= 4 is 29.2 Å². The molecule has 0 saturated carbocycles.